The first-order valence-electron chi connectivity index (χ1n) is 5.85. The number of H-pyrrole nitrogens is 1. The van der Waals surface area contributed by atoms with Crippen molar-refractivity contribution in [2.45, 2.75) is 13.5 Å². The number of carbonyl (C=O) groups is 1. The summed E-state index contributed by atoms with van der Waals surface area (Å²) in [7, 11) is 0. The minimum Gasteiger partial charge on any atom is -0.461 e. The van der Waals surface area contributed by atoms with Crippen LogP contribution in [-0.4, -0.2) is 34.6 Å². The number of alkyl halides is 2. The number of hydrogen-bond acceptors (Lipinski definition) is 5. The molecule has 2 rings (SSSR count). The van der Waals surface area contributed by atoms with Gasteiger partial charge in [0.25, 0.3) is 0 Å². The van der Waals surface area contributed by atoms with Crippen LogP contribution in [-0.2, 0) is 4.74 Å². The summed E-state index contributed by atoms with van der Waals surface area (Å²) in [6, 6.07) is 3.06. The Bertz CT molecular complexity index is 646. The van der Waals surface area contributed by atoms with Gasteiger partial charge in [0.15, 0.2) is 5.69 Å². The first-order valence-corrected chi connectivity index (χ1v) is 5.85. The van der Waals surface area contributed by atoms with Crippen molar-refractivity contribution in [3.63, 3.8) is 0 Å². The van der Waals surface area contributed by atoms with Crippen molar-refractivity contribution < 1.29 is 27.4 Å². The van der Waals surface area contributed by atoms with Crippen LogP contribution in [0.15, 0.2) is 18.2 Å². The monoisotopic (exact) mass is 301 g/mol. The third-order valence-corrected chi connectivity index (χ3v) is 2.44. The van der Waals surface area contributed by atoms with E-state index in [1.807, 2.05) is 0 Å². The van der Waals surface area contributed by atoms with Crippen molar-refractivity contribution in [3.8, 4) is 17.0 Å². The molecule has 0 unspecified atom stereocenters. The number of rotatable bonds is 5. The molecule has 0 bridgehead atoms. The maximum Gasteiger partial charge on any atom is 0.387 e. The summed E-state index contributed by atoms with van der Waals surface area (Å²) in [6.07, 6.45) is 0. The van der Waals surface area contributed by atoms with Crippen LogP contribution >= 0.6 is 0 Å². The molecule has 9 heteroatoms. The van der Waals surface area contributed by atoms with Gasteiger partial charge in [-0.15, -0.1) is 5.10 Å². The molecule has 0 saturated carbocycles. The van der Waals surface area contributed by atoms with Gasteiger partial charge in [0.2, 0.25) is 0 Å². The van der Waals surface area contributed by atoms with Crippen LogP contribution in [0.2, 0.25) is 0 Å². The minimum atomic E-state index is -3.06. The quantitative estimate of drug-likeness (QED) is 0.858. The van der Waals surface area contributed by atoms with Gasteiger partial charge in [-0.1, -0.05) is 0 Å². The number of nitrogens with zero attached hydrogens (tertiary/aromatic N) is 2. The molecule has 0 aliphatic heterocycles. The summed E-state index contributed by atoms with van der Waals surface area (Å²) in [5.41, 5.74) is -0.360. The summed E-state index contributed by atoms with van der Waals surface area (Å²) in [6.45, 7) is -1.33. The Kier molecular flexibility index (Phi) is 4.41. The van der Waals surface area contributed by atoms with E-state index in [-0.39, 0.29) is 29.3 Å². The Hall–Kier alpha value is -2.58. The van der Waals surface area contributed by atoms with E-state index in [1.165, 1.54) is 0 Å². The molecule has 0 aliphatic rings. The second-order valence-electron chi connectivity index (χ2n) is 3.76. The van der Waals surface area contributed by atoms with Crippen molar-refractivity contribution >= 4 is 5.97 Å². The number of nitrogens with one attached hydrogen (secondary N) is 1. The van der Waals surface area contributed by atoms with Gasteiger partial charge in [-0.2, -0.15) is 19.1 Å². The Labute approximate surface area is 116 Å². The van der Waals surface area contributed by atoms with Crippen LogP contribution in [0.25, 0.3) is 11.3 Å². The molecule has 0 amide bonds. The highest BCUT2D eigenvalue weighted by molar-refractivity contribution is 5.93. The fourth-order valence-corrected chi connectivity index (χ4v) is 1.62. The van der Waals surface area contributed by atoms with Crippen molar-refractivity contribution in [3.05, 3.63) is 29.7 Å². The number of carbonyl (C=O) groups excluding carboxylic acids is 1. The van der Waals surface area contributed by atoms with Crippen LogP contribution in [0.4, 0.5) is 13.2 Å². The third kappa shape index (κ3) is 3.30. The lowest BCUT2D eigenvalue weighted by Gasteiger charge is -2.06. The lowest BCUT2D eigenvalue weighted by atomic mass is 10.1. The van der Waals surface area contributed by atoms with Crippen LogP contribution in [0.5, 0.6) is 5.75 Å². The zero-order valence-corrected chi connectivity index (χ0v) is 10.8. The van der Waals surface area contributed by atoms with Gasteiger partial charge in [-0.3, -0.25) is 0 Å². The van der Waals surface area contributed by atoms with E-state index in [2.05, 4.69) is 20.1 Å². The maximum atomic E-state index is 13.9. The average molecular weight is 301 g/mol. The van der Waals surface area contributed by atoms with Crippen LogP contribution in [0.1, 0.15) is 17.4 Å². The molecule has 0 spiro atoms. The molecule has 21 heavy (non-hydrogen) atoms. The van der Waals surface area contributed by atoms with Crippen molar-refractivity contribution in [2.75, 3.05) is 6.61 Å². The molecule has 0 atom stereocenters. The molecule has 0 radical (unpaired) electrons. The third-order valence-electron chi connectivity index (χ3n) is 2.44. The van der Waals surface area contributed by atoms with Crippen LogP contribution in [0.3, 0.4) is 0 Å². The molecule has 0 aliphatic carbocycles. The second kappa shape index (κ2) is 6.25. The number of esters is 1. The molecule has 6 nitrogen and oxygen atoms in total. The number of hydrogen-bond donors (Lipinski definition) is 1. The van der Waals surface area contributed by atoms with E-state index < -0.39 is 18.4 Å². The Morgan fingerprint density at radius 2 is 2.14 bits per heavy atom. The normalized spacial score (nSPS) is 10.7. The molecule has 0 saturated heterocycles. The smallest absolute Gasteiger partial charge is 0.387 e. The number of benzene rings is 1. The summed E-state index contributed by atoms with van der Waals surface area (Å²) < 4.78 is 46.9. The van der Waals surface area contributed by atoms with Crippen molar-refractivity contribution in [2.24, 2.45) is 0 Å². The van der Waals surface area contributed by atoms with Gasteiger partial charge in [-0.25, -0.2) is 9.18 Å². The molecule has 1 N–H and O–H groups in total. The fraction of sp³-hybridized carbons (Fsp3) is 0.250. The van der Waals surface area contributed by atoms with E-state index in [1.54, 1.807) is 6.92 Å². The van der Waals surface area contributed by atoms with Crippen molar-refractivity contribution in [1.29, 1.82) is 0 Å². The van der Waals surface area contributed by atoms with Gasteiger partial charge >= 0.3 is 12.6 Å². The van der Waals surface area contributed by atoms with Gasteiger partial charge < -0.3 is 9.47 Å². The topological polar surface area (TPSA) is 77.1 Å². The highest BCUT2D eigenvalue weighted by Crippen LogP contribution is 2.27. The van der Waals surface area contributed by atoms with Gasteiger partial charge in [0.1, 0.15) is 17.3 Å². The van der Waals surface area contributed by atoms with E-state index in [4.69, 9.17) is 4.74 Å². The largest absolute Gasteiger partial charge is 0.461 e. The van der Waals surface area contributed by atoms with Gasteiger partial charge in [0, 0.05) is 11.6 Å². The SMILES string of the molecule is CCOC(=O)c1n[nH]nc1-c1ccc(OC(F)F)cc1F. The van der Waals surface area contributed by atoms with E-state index >= 15 is 0 Å². The Morgan fingerprint density at radius 1 is 1.38 bits per heavy atom. The zero-order valence-electron chi connectivity index (χ0n) is 10.8. The van der Waals surface area contributed by atoms with E-state index in [0.717, 1.165) is 18.2 Å². The molecule has 1 heterocycles. The number of aromatic amines is 1. The number of halogens is 3. The van der Waals surface area contributed by atoms with Crippen LogP contribution < -0.4 is 4.74 Å². The number of aromatic nitrogens is 3. The fourth-order valence-electron chi connectivity index (χ4n) is 1.62. The lowest BCUT2D eigenvalue weighted by molar-refractivity contribution is -0.0499. The standard InChI is InChI=1S/C12H10F3N3O3/c1-2-20-11(19)10-9(16-18-17-10)7-4-3-6(5-8(7)13)21-12(14)15/h3-5,12H,2H2,1H3,(H,16,17,18). The van der Waals surface area contributed by atoms with Gasteiger partial charge in [-0.05, 0) is 19.1 Å². The highest BCUT2D eigenvalue weighted by atomic mass is 19.3. The molecule has 0 fully saturated rings. The first-order chi connectivity index (χ1) is 10.0. The predicted octanol–water partition coefficient (Wildman–Crippen LogP) is 2.39. The van der Waals surface area contributed by atoms with Crippen molar-refractivity contribution in [1.82, 2.24) is 15.4 Å². The first kappa shape index (κ1) is 14.8. The summed E-state index contributed by atoms with van der Waals surface area (Å²) in [5.74, 6) is -1.99. The Balaban J connectivity index is 2.35. The molecular formula is C12H10F3N3O3. The summed E-state index contributed by atoms with van der Waals surface area (Å²) in [5, 5.41) is 9.46. The molecule has 1 aromatic carbocycles. The van der Waals surface area contributed by atoms with E-state index in [0.29, 0.717) is 0 Å². The highest BCUT2D eigenvalue weighted by Gasteiger charge is 2.22. The van der Waals surface area contributed by atoms with E-state index in [9.17, 15) is 18.0 Å². The minimum absolute atomic E-state index is 0.0745. The second-order valence-corrected chi connectivity index (χ2v) is 3.76. The lowest BCUT2D eigenvalue weighted by Crippen LogP contribution is -2.07. The van der Waals surface area contributed by atoms with Crippen LogP contribution in [0, 0.1) is 5.82 Å². The summed E-state index contributed by atoms with van der Waals surface area (Å²) in [4.78, 5) is 11.6. The summed E-state index contributed by atoms with van der Waals surface area (Å²) >= 11 is 0. The molecule has 2 aromatic rings. The predicted molar refractivity (Wildman–Crippen MR) is 64.4 cm³/mol. The Morgan fingerprint density at radius 3 is 2.76 bits per heavy atom. The zero-order chi connectivity index (χ0) is 15.4. The number of ether oxygens (including phenoxy) is 2. The van der Waals surface area contributed by atoms with Gasteiger partial charge in [0.05, 0.1) is 6.61 Å². The maximum absolute atomic E-state index is 13.9. The molecule has 1 aromatic heterocycles. The molecule has 112 valence electrons. The molecular weight excluding hydrogens is 291 g/mol. The average Bonchev–Trinajstić information content (AvgIpc) is 2.87.